The number of hydrogen-bond acceptors (Lipinski definition) is 8. The van der Waals surface area contributed by atoms with E-state index in [2.05, 4.69) is 4.98 Å². The molecule has 180 valence electrons. The number of methoxy groups -OCH3 is 1. The number of esters is 1. The number of rotatable bonds is 6. The summed E-state index contributed by atoms with van der Waals surface area (Å²) in [6, 6.07) is 10.5. The third-order valence-electron chi connectivity index (χ3n) is 5.45. The molecule has 1 aliphatic rings. The summed E-state index contributed by atoms with van der Waals surface area (Å²) in [6.45, 7) is 3.44. The van der Waals surface area contributed by atoms with E-state index in [0.717, 1.165) is 28.4 Å². The van der Waals surface area contributed by atoms with Gasteiger partial charge in [0.1, 0.15) is 22.2 Å². The van der Waals surface area contributed by atoms with Gasteiger partial charge in [-0.05, 0) is 55.8 Å². The topological polar surface area (TPSA) is 106 Å². The summed E-state index contributed by atoms with van der Waals surface area (Å²) in [5.41, 5.74) is 0.833. The predicted octanol–water partition coefficient (Wildman–Crippen LogP) is 4.40. The normalized spacial score (nSPS) is 17.0. The van der Waals surface area contributed by atoms with E-state index in [1.54, 1.807) is 38.1 Å². The Morgan fingerprint density at radius 2 is 1.80 bits per heavy atom. The molecule has 10 heteroatoms. The van der Waals surface area contributed by atoms with Crippen molar-refractivity contribution >= 4 is 39.9 Å². The molecule has 0 radical (unpaired) electrons. The Morgan fingerprint density at radius 3 is 2.40 bits per heavy atom. The van der Waals surface area contributed by atoms with E-state index < -0.39 is 35.3 Å². The molecule has 1 atom stereocenters. The third-order valence-corrected chi connectivity index (χ3v) is 6.58. The fraction of sp³-hybridized carbons (Fsp3) is 0.200. The van der Waals surface area contributed by atoms with Crippen molar-refractivity contribution in [3.05, 3.63) is 81.6 Å². The molecule has 0 spiro atoms. The molecule has 1 N–H and O–H groups in total. The summed E-state index contributed by atoms with van der Waals surface area (Å²) in [6.07, 6.45) is 0. The summed E-state index contributed by atoms with van der Waals surface area (Å²) in [7, 11) is 1.50. The highest BCUT2D eigenvalue weighted by atomic mass is 32.1. The zero-order valence-electron chi connectivity index (χ0n) is 19.1. The number of hydrogen-bond donors (Lipinski definition) is 1. The van der Waals surface area contributed by atoms with Gasteiger partial charge in [0.2, 0.25) is 0 Å². The van der Waals surface area contributed by atoms with Crippen molar-refractivity contribution in [1.29, 1.82) is 0 Å². The second-order valence-corrected chi connectivity index (χ2v) is 8.56. The van der Waals surface area contributed by atoms with Crippen molar-refractivity contribution in [3.8, 4) is 5.75 Å². The molecule has 1 aliphatic heterocycles. The van der Waals surface area contributed by atoms with Gasteiger partial charge < -0.3 is 14.6 Å². The number of ketones is 1. The molecule has 35 heavy (non-hydrogen) atoms. The van der Waals surface area contributed by atoms with E-state index in [1.165, 1.54) is 19.2 Å². The van der Waals surface area contributed by atoms with Crippen molar-refractivity contribution in [3.63, 3.8) is 0 Å². The Kier molecular flexibility index (Phi) is 6.65. The number of ether oxygens (including phenoxy) is 2. The highest BCUT2D eigenvalue weighted by Gasteiger charge is 2.48. The number of carbonyl (C=O) groups is 3. The van der Waals surface area contributed by atoms with Gasteiger partial charge in [-0.1, -0.05) is 23.5 Å². The van der Waals surface area contributed by atoms with Gasteiger partial charge in [0, 0.05) is 5.56 Å². The molecular weight excluding hydrogens is 475 g/mol. The van der Waals surface area contributed by atoms with Crippen LogP contribution in [-0.2, 0) is 14.3 Å². The number of aliphatic hydroxyl groups is 1. The first kappa shape index (κ1) is 24.1. The Balaban J connectivity index is 1.90. The highest BCUT2D eigenvalue weighted by molar-refractivity contribution is 7.17. The molecule has 2 heterocycles. The Bertz CT molecular complexity index is 1330. The van der Waals surface area contributed by atoms with E-state index in [4.69, 9.17) is 9.47 Å². The van der Waals surface area contributed by atoms with Gasteiger partial charge in [-0.2, -0.15) is 0 Å². The van der Waals surface area contributed by atoms with Crippen LogP contribution in [0.1, 0.15) is 39.5 Å². The zero-order chi connectivity index (χ0) is 25.3. The molecule has 4 rings (SSSR count). The SMILES string of the molecule is CCOC(=O)c1sc(N2C(=O)C(=O)C(=C(O)c3ccc(F)cc3)C2c2ccc(OC)cc2)nc1C. The minimum absolute atomic E-state index is 0.103. The van der Waals surface area contributed by atoms with E-state index in [-0.39, 0.29) is 27.8 Å². The molecular formula is C25H21FN2O6S. The molecule has 3 aromatic rings. The molecule has 1 saturated heterocycles. The number of thiazole rings is 1. The smallest absolute Gasteiger partial charge is 0.350 e. The second-order valence-electron chi connectivity index (χ2n) is 7.58. The van der Waals surface area contributed by atoms with Gasteiger partial charge >= 0.3 is 11.9 Å². The second kappa shape index (κ2) is 9.67. The molecule has 2 aromatic carbocycles. The van der Waals surface area contributed by atoms with Gasteiger partial charge in [0.05, 0.1) is 31.0 Å². The lowest BCUT2D eigenvalue weighted by Crippen LogP contribution is -2.29. The van der Waals surface area contributed by atoms with Crippen LogP contribution in [0.4, 0.5) is 9.52 Å². The van der Waals surface area contributed by atoms with Gasteiger partial charge in [0.15, 0.2) is 5.13 Å². The summed E-state index contributed by atoms with van der Waals surface area (Å²) in [5, 5.41) is 11.2. The number of aliphatic hydroxyl groups excluding tert-OH is 1. The number of Topliss-reactive ketones (excluding diaryl/α,β-unsaturated/α-hetero) is 1. The number of aryl methyl sites for hydroxylation is 1. The number of amides is 1. The molecule has 8 nitrogen and oxygen atoms in total. The molecule has 0 bridgehead atoms. The van der Waals surface area contributed by atoms with E-state index in [0.29, 0.717) is 17.0 Å². The fourth-order valence-electron chi connectivity index (χ4n) is 3.77. The predicted molar refractivity (Wildman–Crippen MR) is 127 cm³/mol. The molecule has 1 amide bonds. The standard InChI is InChI=1S/C25H21FN2O6S/c1-4-34-24(32)22-13(2)27-25(35-22)28-19(14-7-11-17(33-3)12-8-14)18(21(30)23(28)31)20(29)15-5-9-16(26)10-6-15/h5-12,19,29H,4H2,1-3H3. The maximum Gasteiger partial charge on any atom is 0.350 e. The largest absolute Gasteiger partial charge is 0.507 e. The number of aromatic nitrogens is 1. The summed E-state index contributed by atoms with van der Waals surface area (Å²) >= 11 is 0.917. The van der Waals surface area contributed by atoms with Crippen molar-refractivity contribution in [2.45, 2.75) is 19.9 Å². The molecule has 1 unspecified atom stereocenters. The molecule has 1 fully saturated rings. The number of carbonyl (C=O) groups excluding carboxylic acids is 3. The Morgan fingerprint density at radius 1 is 1.14 bits per heavy atom. The van der Waals surface area contributed by atoms with Gasteiger partial charge in [-0.25, -0.2) is 14.2 Å². The Labute approximate surface area is 204 Å². The average Bonchev–Trinajstić information content (AvgIpc) is 3.36. The minimum atomic E-state index is -1.05. The van der Waals surface area contributed by atoms with Crippen LogP contribution in [0.3, 0.4) is 0 Å². The van der Waals surface area contributed by atoms with Crippen LogP contribution in [0.2, 0.25) is 0 Å². The number of nitrogens with zero attached hydrogens (tertiary/aromatic N) is 2. The zero-order valence-corrected chi connectivity index (χ0v) is 19.9. The summed E-state index contributed by atoms with van der Waals surface area (Å²) in [4.78, 5) is 44.5. The van der Waals surface area contributed by atoms with Crippen LogP contribution in [0.25, 0.3) is 5.76 Å². The van der Waals surface area contributed by atoms with Gasteiger partial charge in [-0.3, -0.25) is 14.5 Å². The van der Waals surface area contributed by atoms with Gasteiger partial charge in [0.25, 0.3) is 5.78 Å². The van der Waals surface area contributed by atoms with Crippen molar-refractivity contribution in [2.75, 3.05) is 18.6 Å². The first-order chi connectivity index (χ1) is 16.8. The van der Waals surface area contributed by atoms with Crippen molar-refractivity contribution in [1.82, 2.24) is 4.98 Å². The monoisotopic (exact) mass is 496 g/mol. The van der Waals surface area contributed by atoms with Crippen LogP contribution in [0, 0.1) is 12.7 Å². The van der Waals surface area contributed by atoms with Crippen LogP contribution in [-0.4, -0.2) is 41.5 Å². The maximum atomic E-state index is 13.4. The first-order valence-corrected chi connectivity index (χ1v) is 11.4. The van der Waals surface area contributed by atoms with Crippen molar-refractivity contribution in [2.24, 2.45) is 0 Å². The number of halogens is 1. The third kappa shape index (κ3) is 4.40. The van der Waals surface area contributed by atoms with Gasteiger partial charge in [-0.15, -0.1) is 0 Å². The van der Waals surface area contributed by atoms with Crippen LogP contribution in [0.15, 0.2) is 54.1 Å². The first-order valence-electron chi connectivity index (χ1n) is 10.6. The maximum absolute atomic E-state index is 13.4. The molecule has 1 aromatic heterocycles. The van der Waals surface area contributed by atoms with E-state index in [9.17, 15) is 23.9 Å². The minimum Gasteiger partial charge on any atom is -0.507 e. The summed E-state index contributed by atoms with van der Waals surface area (Å²) in [5.74, 6) is -2.85. The highest BCUT2D eigenvalue weighted by Crippen LogP contribution is 2.44. The quantitative estimate of drug-likeness (QED) is 0.233. The number of benzene rings is 2. The fourth-order valence-corrected chi connectivity index (χ4v) is 4.75. The average molecular weight is 497 g/mol. The lowest BCUT2D eigenvalue weighted by atomic mass is 9.95. The lowest BCUT2D eigenvalue weighted by molar-refractivity contribution is -0.132. The molecule has 0 saturated carbocycles. The van der Waals surface area contributed by atoms with Crippen LogP contribution in [0.5, 0.6) is 5.75 Å². The summed E-state index contributed by atoms with van der Waals surface area (Å²) < 4.78 is 23.7. The number of anilines is 1. The lowest BCUT2D eigenvalue weighted by Gasteiger charge is -2.23. The molecule has 0 aliphatic carbocycles. The van der Waals surface area contributed by atoms with Crippen molar-refractivity contribution < 1.29 is 33.4 Å². The van der Waals surface area contributed by atoms with E-state index in [1.807, 2.05) is 0 Å². The van der Waals surface area contributed by atoms with Crippen LogP contribution < -0.4 is 9.64 Å². The Hall–Kier alpha value is -4.05. The van der Waals surface area contributed by atoms with Crippen LogP contribution >= 0.6 is 11.3 Å². The van der Waals surface area contributed by atoms with E-state index >= 15 is 0 Å².